The van der Waals surface area contributed by atoms with E-state index in [1.165, 1.54) is 0 Å². The van der Waals surface area contributed by atoms with Gasteiger partial charge in [-0.2, -0.15) is 0 Å². The van der Waals surface area contributed by atoms with Gasteiger partial charge in [0, 0.05) is 6.54 Å². The van der Waals surface area contributed by atoms with Gasteiger partial charge in [0.2, 0.25) is 0 Å². The summed E-state index contributed by atoms with van der Waals surface area (Å²) in [4.78, 5) is 12.3. The summed E-state index contributed by atoms with van der Waals surface area (Å²) in [5, 5.41) is 8.59. The van der Waals surface area contributed by atoms with Gasteiger partial charge in [0.25, 0.3) is 0 Å². The van der Waals surface area contributed by atoms with Crippen LogP contribution in [0.15, 0.2) is 0 Å². The molecule has 0 saturated carbocycles. The van der Waals surface area contributed by atoms with Gasteiger partial charge in [-0.25, -0.2) is 0 Å². The van der Waals surface area contributed by atoms with Gasteiger partial charge in [0.15, 0.2) is 0 Å². The molecule has 1 atom stereocenters. The molecule has 3 nitrogen and oxygen atoms in total. The van der Waals surface area contributed by atoms with Crippen LogP contribution in [-0.2, 0) is 4.79 Å². The van der Waals surface area contributed by atoms with E-state index in [-0.39, 0.29) is 24.5 Å². The van der Waals surface area contributed by atoms with E-state index in [4.69, 9.17) is 11.5 Å². The van der Waals surface area contributed by atoms with Crippen molar-refractivity contribution in [3.05, 3.63) is 0 Å². The Kier molecular flexibility index (Phi) is 4.25. The quantitative estimate of drug-likeness (QED) is 0.681. The Balaban J connectivity index is 0.00000144. The van der Waals surface area contributed by atoms with Crippen molar-refractivity contribution in [2.45, 2.75) is 25.3 Å². The summed E-state index contributed by atoms with van der Waals surface area (Å²) in [7, 11) is 0. The van der Waals surface area contributed by atoms with Gasteiger partial charge in [-0.15, -0.1) is 18.8 Å². The first-order valence-corrected chi connectivity index (χ1v) is 4.03. The number of carbonyl (C=O) groups is 1. The molecule has 0 unspecified atom stereocenters. The summed E-state index contributed by atoms with van der Waals surface area (Å²) in [6, 6.07) is 0. The first-order valence-electron chi connectivity index (χ1n) is 4.03. The number of halogens is 1. The van der Waals surface area contributed by atoms with Gasteiger partial charge < -0.3 is 5.11 Å². The zero-order valence-corrected chi connectivity index (χ0v) is 8.43. The second-order valence-electron chi connectivity index (χ2n) is 3.34. The molecular formula is C9H14ClNO2. The van der Waals surface area contributed by atoms with Crippen molar-refractivity contribution in [3.8, 4) is 12.3 Å². The van der Waals surface area contributed by atoms with E-state index in [1.807, 2.05) is 11.8 Å². The molecule has 74 valence electrons. The second kappa shape index (κ2) is 4.50. The fourth-order valence-electron chi connectivity index (χ4n) is 1.60. The van der Waals surface area contributed by atoms with Gasteiger partial charge in [0.1, 0.15) is 0 Å². The molecule has 1 aliphatic rings. The molecule has 0 radical (unpaired) electrons. The summed E-state index contributed by atoms with van der Waals surface area (Å²) in [6.45, 7) is 2.77. The molecule has 0 aromatic carbocycles. The third-order valence-corrected chi connectivity index (χ3v) is 2.43. The highest BCUT2D eigenvalue weighted by molar-refractivity contribution is 5.85. The lowest BCUT2D eigenvalue weighted by molar-refractivity contribution is -0.138. The van der Waals surface area contributed by atoms with Gasteiger partial charge in [-0.1, -0.05) is 5.92 Å². The van der Waals surface area contributed by atoms with Crippen LogP contribution in [0.4, 0.5) is 0 Å². The number of aliphatic carboxylic acids is 1. The average Bonchev–Trinajstić information content (AvgIpc) is 2.33. The molecule has 1 N–H and O–H groups in total. The lowest BCUT2D eigenvalue weighted by atomic mass is 10.0. The van der Waals surface area contributed by atoms with Crippen LogP contribution in [0.5, 0.6) is 0 Å². The lowest BCUT2D eigenvalue weighted by Gasteiger charge is -2.28. The molecule has 1 aliphatic heterocycles. The minimum Gasteiger partial charge on any atom is -0.480 e. The normalized spacial score (nSPS) is 27.7. The third kappa shape index (κ3) is 2.61. The van der Waals surface area contributed by atoms with Crippen molar-refractivity contribution in [1.29, 1.82) is 0 Å². The molecule has 0 amide bonds. The Hall–Kier alpha value is -0.720. The molecule has 0 bridgehead atoms. The Bertz CT molecular complexity index is 236. The molecule has 1 heterocycles. The minimum atomic E-state index is -0.807. The number of hydrogen-bond donors (Lipinski definition) is 1. The van der Waals surface area contributed by atoms with E-state index in [1.54, 1.807) is 0 Å². The lowest BCUT2D eigenvalue weighted by Crippen LogP contribution is -2.42. The monoisotopic (exact) mass is 203 g/mol. The zero-order valence-electron chi connectivity index (χ0n) is 7.62. The van der Waals surface area contributed by atoms with Crippen molar-refractivity contribution in [2.75, 3.05) is 13.1 Å². The van der Waals surface area contributed by atoms with Crippen LogP contribution in [0.1, 0.15) is 19.8 Å². The van der Waals surface area contributed by atoms with Crippen molar-refractivity contribution in [3.63, 3.8) is 0 Å². The smallest absolute Gasteiger partial charge is 0.317 e. The highest BCUT2D eigenvalue weighted by Crippen LogP contribution is 2.27. The fourth-order valence-corrected chi connectivity index (χ4v) is 1.60. The number of likely N-dealkylation sites (tertiary alicyclic amines) is 1. The van der Waals surface area contributed by atoms with E-state index >= 15 is 0 Å². The molecule has 0 spiro atoms. The van der Waals surface area contributed by atoms with Gasteiger partial charge in [-0.3, -0.25) is 9.69 Å². The van der Waals surface area contributed by atoms with Gasteiger partial charge >= 0.3 is 5.97 Å². The van der Waals surface area contributed by atoms with Crippen LogP contribution >= 0.6 is 12.4 Å². The van der Waals surface area contributed by atoms with Crippen molar-refractivity contribution in [2.24, 2.45) is 0 Å². The number of rotatable bonds is 2. The van der Waals surface area contributed by atoms with E-state index in [0.717, 1.165) is 19.4 Å². The Morgan fingerprint density at radius 3 is 2.85 bits per heavy atom. The maximum Gasteiger partial charge on any atom is 0.317 e. The summed E-state index contributed by atoms with van der Waals surface area (Å²) in [5.41, 5.74) is -0.335. The predicted octanol–water partition coefficient (Wildman–Crippen LogP) is 0.980. The number of carboxylic acid groups (broad SMARTS) is 1. The molecule has 0 aliphatic carbocycles. The van der Waals surface area contributed by atoms with Crippen LogP contribution in [-0.4, -0.2) is 34.6 Å². The first kappa shape index (κ1) is 12.3. The Labute approximate surface area is 84.5 Å². The average molecular weight is 204 g/mol. The molecule has 1 saturated heterocycles. The van der Waals surface area contributed by atoms with Crippen LogP contribution in [0.2, 0.25) is 0 Å². The van der Waals surface area contributed by atoms with E-state index in [2.05, 4.69) is 5.92 Å². The second-order valence-corrected chi connectivity index (χ2v) is 3.34. The third-order valence-electron chi connectivity index (χ3n) is 2.43. The van der Waals surface area contributed by atoms with Crippen LogP contribution in [0.3, 0.4) is 0 Å². The molecule has 13 heavy (non-hydrogen) atoms. The number of nitrogens with zero attached hydrogens (tertiary/aromatic N) is 1. The molecule has 0 aromatic rings. The first-order chi connectivity index (χ1) is 5.58. The fraction of sp³-hybridized carbons (Fsp3) is 0.667. The Morgan fingerprint density at radius 2 is 2.38 bits per heavy atom. The predicted molar refractivity (Wildman–Crippen MR) is 52.9 cm³/mol. The summed E-state index contributed by atoms with van der Waals surface area (Å²) < 4.78 is 0. The minimum absolute atomic E-state index is 0. The number of hydrogen-bond acceptors (Lipinski definition) is 2. The summed E-state index contributed by atoms with van der Waals surface area (Å²) >= 11 is 0. The molecule has 0 aromatic heterocycles. The van der Waals surface area contributed by atoms with Crippen LogP contribution in [0.25, 0.3) is 0 Å². The molecule has 4 heteroatoms. The SMILES string of the molecule is C#C[C@]1(C)CCCN1CC(=O)O.Cl. The van der Waals surface area contributed by atoms with E-state index < -0.39 is 5.97 Å². The summed E-state index contributed by atoms with van der Waals surface area (Å²) in [5.74, 6) is 1.85. The number of carboxylic acids is 1. The van der Waals surface area contributed by atoms with Crippen molar-refractivity contribution in [1.82, 2.24) is 4.90 Å². The molecule has 1 fully saturated rings. The van der Waals surface area contributed by atoms with Gasteiger partial charge in [0.05, 0.1) is 12.1 Å². The summed E-state index contributed by atoms with van der Waals surface area (Å²) in [6.07, 6.45) is 7.24. The Morgan fingerprint density at radius 1 is 1.77 bits per heavy atom. The van der Waals surface area contributed by atoms with Crippen LogP contribution < -0.4 is 0 Å². The standard InChI is InChI=1S/C9H13NO2.ClH/c1-3-9(2)5-4-6-10(9)7-8(11)12;/h1H,4-7H2,2H3,(H,11,12);1H/t9-;/m1./s1. The molecule has 1 rings (SSSR count). The highest BCUT2D eigenvalue weighted by Gasteiger charge is 2.35. The maximum atomic E-state index is 10.4. The van der Waals surface area contributed by atoms with E-state index in [0.29, 0.717) is 0 Å². The molecular weight excluding hydrogens is 190 g/mol. The largest absolute Gasteiger partial charge is 0.480 e. The van der Waals surface area contributed by atoms with Crippen molar-refractivity contribution >= 4 is 18.4 Å². The zero-order chi connectivity index (χ0) is 9.19. The maximum absolute atomic E-state index is 10.4. The number of terminal acetylenes is 1. The van der Waals surface area contributed by atoms with Gasteiger partial charge in [-0.05, 0) is 19.8 Å². The van der Waals surface area contributed by atoms with Crippen LogP contribution in [0, 0.1) is 12.3 Å². The van der Waals surface area contributed by atoms with Crippen molar-refractivity contribution < 1.29 is 9.90 Å². The topological polar surface area (TPSA) is 40.5 Å². The van der Waals surface area contributed by atoms with E-state index in [9.17, 15) is 4.79 Å². The highest BCUT2D eigenvalue weighted by atomic mass is 35.5.